The average Bonchev–Trinajstić information content (AvgIpc) is 1.80. The highest BCUT2D eigenvalue weighted by Crippen LogP contribution is 2.38. The Bertz CT molecular complexity index is 332. The topological polar surface area (TPSA) is 34.1 Å². The average molecular weight is 242 g/mol. The van der Waals surface area contributed by atoms with Crippen LogP contribution < -0.4 is 0 Å². The molecule has 0 aliphatic rings. The number of hydrogen-bond acceptors (Lipinski definition) is 2. The van der Waals surface area contributed by atoms with E-state index < -0.39 is 26.4 Å². The molecule has 0 bridgehead atoms. The molecular formula is C5H4F6O2S. The van der Waals surface area contributed by atoms with Gasteiger partial charge in [0, 0.05) is 0 Å². The zero-order chi connectivity index (χ0) is 11.8. The first-order valence-corrected chi connectivity index (χ1v) is 4.47. The highest BCUT2D eigenvalue weighted by Gasteiger charge is 2.56. The summed E-state index contributed by atoms with van der Waals surface area (Å²) >= 11 is 0. The van der Waals surface area contributed by atoms with Crippen molar-refractivity contribution < 1.29 is 34.8 Å². The number of allylic oxidation sites excluding steroid dienone is 2. The Morgan fingerprint density at radius 1 is 1.07 bits per heavy atom. The highest BCUT2D eigenvalue weighted by molar-refractivity contribution is 7.96. The zero-order valence-electron chi connectivity index (χ0n) is 6.57. The van der Waals surface area contributed by atoms with Crippen molar-refractivity contribution in [2.24, 2.45) is 0 Å². The molecule has 0 amide bonds. The van der Waals surface area contributed by atoms with Gasteiger partial charge >= 0.3 is 11.7 Å². The van der Waals surface area contributed by atoms with E-state index in [1.54, 1.807) is 0 Å². The van der Waals surface area contributed by atoms with Crippen LogP contribution in [-0.2, 0) is 9.84 Å². The van der Waals surface area contributed by atoms with Crippen LogP contribution in [0, 0.1) is 0 Å². The van der Waals surface area contributed by atoms with Crippen molar-refractivity contribution >= 4 is 9.84 Å². The molecule has 0 unspecified atom stereocenters. The monoisotopic (exact) mass is 242 g/mol. The molecule has 0 saturated carbocycles. The van der Waals surface area contributed by atoms with Gasteiger partial charge in [-0.05, 0) is 6.92 Å². The summed E-state index contributed by atoms with van der Waals surface area (Å²) in [6.45, 7) is 0.562. The molecule has 0 N–H and O–H groups in total. The molecule has 9 heteroatoms. The van der Waals surface area contributed by atoms with Crippen LogP contribution >= 0.6 is 0 Å². The second-order valence-corrected chi connectivity index (χ2v) is 4.01. The third-order valence-electron chi connectivity index (χ3n) is 1.14. The largest absolute Gasteiger partial charge is 0.501 e. The van der Waals surface area contributed by atoms with E-state index in [0.717, 1.165) is 0 Å². The molecule has 14 heavy (non-hydrogen) atoms. The van der Waals surface area contributed by atoms with Crippen molar-refractivity contribution in [2.45, 2.75) is 18.6 Å². The van der Waals surface area contributed by atoms with Gasteiger partial charge in [0.25, 0.3) is 9.84 Å². The van der Waals surface area contributed by atoms with Crippen molar-refractivity contribution in [3.63, 3.8) is 0 Å². The van der Waals surface area contributed by atoms with E-state index in [-0.39, 0.29) is 6.08 Å². The van der Waals surface area contributed by atoms with Crippen LogP contribution in [0.25, 0.3) is 0 Å². The zero-order valence-corrected chi connectivity index (χ0v) is 7.39. The molecule has 0 aliphatic heterocycles. The molecule has 0 radical (unpaired) electrons. The molecule has 0 aromatic carbocycles. The summed E-state index contributed by atoms with van der Waals surface area (Å²) in [6.07, 6.45) is -5.67. The van der Waals surface area contributed by atoms with Gasteiger partial charge in [-0.25, -0.2) is 8.42 Å². The van der Waals surface area contributed by atoms with Crippen molar-refractivity contribution in [3.05, 3.63) is 11.0 Å². The second-order valence-electron chi connectivity index (χ2n) is 2.10. The molecule has 0 aliphatic carbocycles. The van der Waals surface area contributed by atoms with Gasteiger partial charge < -0.3 is 0 Å². The molecule has 0 spiro atoms. The van der Waals surface area contributed by atoms with Crippen molar-refractivity contribution in [1.29, 1.82) is 0 Å². The predicted molar refractivity (Wildman–Crippen MR) is 34.8 cm³/mol. The Kier molecular flexibility index (Phi) is 3.27. The van der Waals surface area contributed by atoms with E-state index >= 15 is 0 Å². The maximum Gasteiger partial charge on any atom is 0.501 e. The maximum absolute atomic E-state index is 11.8. The lowest BCUT2D eigenvalue weighted by molar-refractivity contribution is -0.0894. The third kappa shape index (κ3) is 2.40. The van der Waals surface area contributed by atoms with E-state index in [4.69, 9.17) is 0 Å². The number of hydrogen-bond donors (Lipinski definition) is 0. The fourth-order valence-corrected chi connectivity index (χ4v) is 1.46. The SMILES string of the molecule is CC=C(C(F)(F)F)S(=O)(=O)C(F)(F)F. The fourth-order valence-electron chi connectivity index (χ4n) is 0.596. The van der Waals surface area contributed by atoms with Crippen LogP contribution in [0.3, 0.4) is 0 Å². The predicted octanol–water partition coefficient (Wildman–Crippen LogP) is 2.39. The van der Waals surface area contributed by atoms with Crippen LogP contribution in [0.2, 0.25) is 0 Å². The molecule has 0 atom stereocenters. The molecule has 0 rings (SSSR count). The minimum absolute atomic E-state index is 0.136. The van der Waals surface area contributed by atoms with E-state index in [2.05, 4.69) is 0 Å². The summed E-state index contributed by atoms with van der Waals surface area (Å²) in [6, 6.07) is 0. The molecule has 0 aromatic heterocycles. The summed E-state index contributed by atoms with van der Waals surface area (Å²) in [7, 11) is -6.31. The lowest BCUT2D eigenvalue weighted by Crippen LogP contribution is -2.31. The molecule has 0 fully saturated rings. The smallest absolute Gasteiger partial charge is 0.214 e. The molecule has 0 heterocycles. The molecular weight excluding hydrogens is 238 g/mol. The first kappa shape index (κ1) is 13.3. The molecule has 0 saturated heterocycles. The van der Waals surface area contributed by atoms with Gasteiger partial charge in [-0.3, -0.25) is 0 Å². The second kappa shape index (κ2) is 3.44. The molecule has 84 valence electrons. The van der Waals surface area contributed by atoms with Gasteiger partial charge in [0.05, 0.1) is 0 Å². The van der Waals surface area contributed by atoms with Crippen LogP contribution in [-0.4, -0.2) is 20.1 Å². The minimum atomic E-state index is -6.31. The fraction of sp³-hybridized carbons (Fsp3) is 0.600. The lowest BCUT2D eigenvalue weighted by atomic mass is 10.5. The number of halogens is 6. The Labute approximate surface area is 75.1 Å². The van der Waals surface area contributed by atoms with Crippen LogP contribution in [0.5, 0.6) is 0 Å². The number of rotatable bonds is 1. The van der Waals surface area contributed by atoms with Crippen molar-refractivity contribution in [1.82, 2.24) is 0 Å². The highest BCUT2D eigenvalue weighted by atomic mass is 32.2. The lowest BCUT2D eigenvalue weighted by Gasteiger charge is -2.13. The van der Waals surface area contributed by atoms with Gasteiger partial charge in [-0.1, -0.05) is 6.08 Å². The van der Waals surface area contributed by atoms with Crippen molar-refractivity contribution in [3.8, 4) is 0 Å². The third-order valence-corrected chi connectivity index (χ3v) is 2.79. The van der Waals surface area contributed by atoms with E-state index in [1.807, 2.05) is 0 Å². The summed E-state index contributed by atoms with van der Waals surface area (Å²) in [5, 5.41) is 0. The summed E-state index contributed by atoms with van der Waals surface area (Å²) in [5.74, 6) is 0. The summed E-state index contributed by atoms with van der Waals surface area (Å²) in [5.41, 5.74) is -5.94. The first-order chi connectivity index (χ1) is 5.94. The summed E-state index contributed by atoms with van der Waals surface area (Å²) in [4.78, 5) is -2.60. The van der Waals surface area contributed by atoms with E-state index in [1.165, 1.54) is 0 Å². The normalized spacial score (nSPS) is 15.8. The van der Waals surface area contributed by atoms with Crippen molar-refractivity contribution in [2.75, 3.05) is 0 Å². The maximum atomic E-state index is 11.8. The van der Waals surface area contributed by atoms with E-state index in [9.17, 15) is 34.8 Å². The molecule has 0 aromatic rings. The minimum Gasteiger partial charge on any atom is -0.214 e. The number of alkyl halides is 6. The van der Waals surface area contributed by atoms with Gasteiger partial charge in [0.15, 0.2) is 4.91 Å². The van der Waals surface area contributed by atoms with Crippen LogP contribution in [0.1, 0.15) is 6.92 Å². The summed E-state index contributed by atoms with van der Waals surface area (Å²) < 4.78 is 91.0. The van der Waals surface area contributed by atoms with Crippen LogP contribution in [0.4, 0.5) is 26.3 Å². The van der Waals surface area contributed by atoms with E-state index in [0.29, 0.717) is 6.92 Å². The van der Waals surface area contributed by atoms with Gasteiger partial charge in [0.2, 0.25) is 0 Å². The standard InChI is InChI=1S/C5H4F6O2S/c1-2-3(4(6,7)8)14(12,13)5(9,10)11/h2H,1H3. The first-order valence-electron chi connectivity index (χ1n) is 2.99. The van der Waals surface area contributed by atoms with Gasteiger partial charge in [-0.15, -0.1) is 0 Å². The molecule has 2 nitrogen and oxygen atoms in total. The Balaban J connectivity index is 5.55. The number of sulfone groups is 1. The Hall–Kier alpha value is -0.730. The quantitative estimate of drug-likeness (QED) is 0.661. The Morgan fingerprint density at radius 3 is 1.50 bits per heavy atom. The van der Waals surface area contributed by atoms with Gasteiger partial charge in [-0.2, -0.15) is 26.3 Å². The Morgan fingerprint density at radius 2 is 1.43 bits per heavy atom. The van der Waals surface area contributed by atoms with Gasteiger partial charge in [0.1, 0.15) is 0 Å². The van der Waals surface area contributed by atoms with Crippen LogP contribution in [0.15, 0.2) is 11.0 Å².